The second-order valence-electron chi connectivity index (χ2n) is 4.89. The standard InChI is InChI=1S/C14H13F3O3/c1-14(2)19-9(6-13(18)20-14)4-3-8-5-11(16)12(17)7-10(8)15/h4-5,7H,3,6H2,1-2H3. The van der Waals surface area contributed by atoms with Crippen LogP contribution in [-0.2, 0) is 20.7 Å². The maximum absolute atomic E-state index is 13.4. The molecule has 1 saturated heterocycles. The normalized spacial score (nSPS) is 19.6. The number of carbonyl (C=O) groups excluding carboxylic acids is 1. The van der Waals surface area contributed by atoms with Gasteiger partial charge in [-0.1, -0.05) is 0 Å². The first-order valence-corrected chi connectivity index (χ1v) is 6.00. The zero-order chi connectivity index (χ0) is 14.9. The molecule has 6 heteroatoms. The third-order valence-electron chi connectivity index (χ3n) is 2.69. The van der Waals surface area contributed by atoms with Gasteiger partial charge in [-0.05, 0) is 24.1 Å². The number of esters is 1. The molecule has 1 aromatic carbocycles. The van der Waals surface area contributed by atoms with Crippen molar-refractivity contribution < 1.29 is 27.4 Å². The SMILES string of the molecule is CC1(C)OC(=O)CC(=CCc2cc(F)c(F)cc2F)O1. The molecule has 0 aliphatic carbocycles. The third-order valence-corrected chi connectivity index (χ3v) is 2.69. The number of benzene rings is 1. The summed E-state index contributed by atoms with van der Waals surface area (Å²) in [7, 11) is 0. The average molecular weight is 286 g/mol. The van der Waals surface area contributed by atoms with Crippen molar-refractivity contribution in [2.75, 3.05) is 0 Å². The average Bonchev–Trinajstić information content (AvgIpc) is 2.29. The monoisotopic (exact) mass is 286 g/mol. The summed E-state index contributed by atoms with van der Waals surface area (Å²) < 4.78 is 49.6. The predicted octanol–water partition coefficient (Wildman–Crippen LogP) is 3.23. The Bertz CT molecular complexity index is 579. The maximum atomic E-state index is 13.4. The highest BCUT2D eigenvalue weighted by Crippen LogP contribution is 2.26. The van der Waals surface area contributed by atoms with Gasteiger partial charge in [0.1, 0.15) is 18.0 Å². The Morgan fingerprint density at radius 2 is 1.80 bits per heavy atom. The zero-order valence-corrected chi connectivity index (χ0v) is 11.0. The number of rotatable bonds is 2. The van der Waals surface area contributed by atoms with E-state index in [1.54, 1.807) is 13.8 Å². The van der Waals surface area contributed by atoms with Crippen molar-refractivity contribution in [1.82, 2.24) is 0 Å². The third kappa shape index (κ3) is 3.31. The van der Waals surface area contributed by atoms with E-state index in [1.807, 2.05) is 0 Å². The van der Waals surface area contributed by atoms with Crippen molar-refractivity contribution in [3.63, 3.8) is 0 Å². The Kier molecular flexibility index (Phi) is 3.74. The van der Waals surface area contributed by atoms with Crippen molar-refractivity contribution in [1.29, 1.82) is 0 Å². The molecule has 0 atom stereocenters. The minimum atomic E-state index is -1.24. The summed E-state index contributed by atoms with van der Waals surface area (Å²) in [5.74, 6) is -4.44. The first-order chi connectivity index (χ1) is 9.27. The van der Waals surface area contributed by atoms with E-state index in [-0.39, 0.29) is 18.4 Å². The molecule has 0 unspecified atom stereocenters. The molecule has 20 heavy (non-hydrogen) atoms. The van der Waals surface area contributed by atoms with Crippen molar-refractivity contribution in [3.8, 4) is 0 Å². The molecule has 0 spiro atoms. The summed E-state index contributed by atoms with van der Waals surface area (Å²) in [6, 6.07) is 1.27. The Morgan fingerprint density at radius 1 is 1.15 bits per heavy atom. The lowest BCUT2D eigenvalue weighted by Gasteiger charge is -2.32. The van der Waals surface area contributed by atoms with E-state index in [2.05, 4.69) is 0 Å². The van der Waals surface area contributed by atoms with Gasteiger partial charge in [-0.2, -0.15) is 0 Å². The smallest absolute Gasteiger partial charge is 0.316 e. The maximum Gasteiger partial charge on any atom is 0.316 e. The van der Waals surface area contributed by atoms with Gasteiger partial charge in [-0.3, -0.25) is 4.79 Å². The van der Waals surface area contributed by atoms with Crippen LogP contribution in [-0.4, -0.2) is 11.8 Å². The van der Waals surface area contributed by atoms with Crippen LogP contribution in [0.3, 0.4) is 0 Å². The van der Waals surface area contributed by atoms with Gasteiger partial charge in [0.25, 0.3) is 0 Å². The van der Waals surface area contributed by atoms with E-state index in [4.69, 9.17) is 9.47 Å². The summed E-state index contributed by atoms with van der Waals surface area (Å²) in [4.78, 5) is 11.3. The Labute approximate surface area is 114 Å². The first kappa shape index (κ1) is 14.4. The van der Waals surface area contributed by atoms with Gasteiger partial charge in [0.05, 0.1) is 0 Å². The van der Waals surface area contributed by atoms with Crippen LogP contribution < -0.4 is 0 Å². The van der Waals surface area contributed by atoms with Gasteiger partial charge in [-0.25, -0.2) is 13.2 Å². The molecule has 0 saturated carbocycles. The summed E-state index contributed by atoms with van der Waals surface area (Å²) in [6.07, 6.45) is 1.37. The molecule has 0 N–H and O–H groups in total. The first-order valence-electron chi connectivity index (χ1n) is 6.00. The van der Waals surface area contributed by atoms with Crippen LogP contribution in [0.4, 0.5) is 13.2 Å². The zero-order valence-electron chi connectivity index (χ0n) is 11.0. The number of ether oxygens (including phenoxy) is 2. The Balaban J connectivity index is 2.17. The fourth-order valence-electron chi connectivity index (χ4n) is 1.88. The van der Waals surface area contributed by atoms with Crippen LogP contribution in [0.1, 0.15) is 25.8 Å². The van der Waals surface area contributed by atoms with Gasteiger partial charge >= 0.3 is 5.97 Å². The number of carbonyl (C=O) groups is 1. The van der Waals surface area contributed by atoms with Crippen molar-refractivity contribution in [2.24, 2.45) is 0 Å². The molecule has 3 nitrogen and oxygen atoms in total. The van der Waals surface area contributed by atoms with Crippen LogP contribution in [0.15, 0.2) is 24.0 Å². The fourth-order valence-corrected chi connectivity index (χ4v) is 1.88. The van der Waals surface area contributed by atoms with Crippen LogP contribution in [0, 0.1) is 17.5 Å². The van der Waals surface area contributed by atoms with Gasteiger partial charge < -0.3 is 9.47 Å². The van der Waals surface area contributed by atoms with Gasteiger partial charge in [0, 0.05) is 19.9 Å². The highest BCUT2D eigenvalue weighted by Gasteiger charge is 2.31. The van der Waals surface area contributed by atoms with Crippen molar-refractivity contribution in [3.05, 3.63) is 47.0 Å². The molecule has 0 aromatic heterocycles. The summed E-state index contributed by atoms with van der Waals surface area (Å²) >= 11 is 0. The molecule has 0 amide bonds. The van der Waals surface area contributed by atoms with Crippen LogP contribution in [0.25, 0.3) is 0 Å². The van der Waals surface area contributed by atoms with E-state index in [1.165, 1.54) is 6.08 Å². The summed E-state index contributed by atoms with van der Waals surface area (Å²) in [6.45, 7) is 3.13. The molecular weight excluding hydrogens is 273 g/mol. The number of halogens is 3. The van der Waals surface area contributed by atoms with E-state index >= 15 is 0 Å². The van der Waals surface area contributed by atoms with E-state index in [0.717, 1.165) is 6.07 Å². The molecule has 2 rings (SSSR count). The Hall–Kier alpha value is -1.98. The molecule has 1 fully saturated rings. The number of hydrogen-bond acceptors (Lipinski definition) is 3. The highest BCUT2D eigenvalue weighted by atomic mass is 19.2. The lowest BCUT2D eigenvalue weighted by molar-refractivity contribution is -0.218. The minimum absolute atomic E-state index is 0.0122. The van der Waals surface area contributed by atoms with Gasteiger partial charge in [0.15, 0.2) is 11.6 Å². The number of cyclic esters (lactones) is 1. The molecule has 1 aliphatic rings. The lowest BCUT2D eigenvalue weighted by Crippen LogP contribution is -2.36. The van der Waals surface area contributed by atoms with Crippen molar-refractivity contribution in [2.45, 2.75) is 32.5 Å². The second kappa shape index (κ2) is 5.19. The minimum Gasteiger partial charge on any atom is -0.457 e. The molecule has 1 aromatic rings. The number of allylic oxidation sites excluding steroid dienone is 1. The van der Waals surface area contributed by atoms with Crippen LogP contribution in [0.5, 0.6) is 0 Å². The molecule has 1 aliphatic heterocycles. The van der Waals surface area contributed by atoms with Gasteiger partial charge in [0.2, 0.25) is 5.79 Å². The van der Waals surface area contributed by atoms with Crippen LogP contribution in [0.2, 0.25) is 0 Å². The largest absolute Gasteiger partial charge is 0.457 e. The van der Waals surface area contributed by atoms with Crippen LogP contribution >= 0.6 is 0 Å². The summed E-state index contributed by atoms with van der Waals surface area (Å²) in [5, 5.41) is 0. The molecule has 0 radical (unpaired) electrons. The Morgan fingerprint density at radius 3 is 2.45 bits per heavy atom. The predicted molar refractivity (Wildman–Crippen MR) is 64.0 cm³/mol. The quantitative estimate of drug-likeness (QED) is 0.618. The molecule has 108 valence electrons. The number of hydrogen-bond donors (Lipinski definition) is 0. The van der Waals surface area contributed by atoms with E-state index in [0.29, 0.717) is 11.8 Å². The van der Waals surface area contributed by atoms with Crippen molar-refractivity contribution >= 4 is 5.97 Å². The summed E-state index contributed by atoms with van der Waals surface area (Å²) in [5.41, 5.74) is -0.0169. The molecule has 0 bridgehead atoms. The highest BCUT2D eigenvalue weighted by molar-refractivity contribution is 5.73. The topological polar surface area (TPSA) is 35.5 Å². The molecule has 1 heterocycles. The van der Waals surface area contributed by atoms with E-state index in [9.17, 15) is 18.0 Å². The second-order valence-corrected chi connectivity index (χ2v) is 4.89. The van der Waals surface area contributed by atoms with E-state index < -0.39 is 29.2 Å². The van der Waals surface area contributed by atoms with Gasteiger partial charge in [-0.15, -0.1) is 0 Å². The lowest BCUT2D eigenvalue weighted by atomic mass is 10.1. The fraction of sp³-hybridized carbons (Fsp3) is 0.357. The molecular formula is C14H13F3O3.